The van der Waals surface area contributed by atoms with Crippen molar-refractivity contribution in [2.75, 3.05) is 39.7 Å². The predicted molar refractivity (Wildman–Crippen MR) is 114 cm³/mol. The second-order valence-corrected chi connectivity index (χ2v) is 7.37. The maximum atomic E-state index is 12.7. The van der Waals surface area contributed by atoms with E-state index in [0.29, 0.717) is 42.4 Å². The van der Waals surface area contributed by atoms with Crippen molar-refractivity contribution in [3.05, 3.63) is 47.5 Å². The summed E-state index contributed by atoms with van der Waals surface area (Å²) in [7, 11) is 4.76. The van der Waals surface area contributed by atoms with Crippen LogP contribution in [-0.2, 0) is 16.0 Å². The van der Waals surface area contributed by atoms with Crippen molar-refractivity contribution in [3.63, 3.8) is 0 Å². The maximum Gasteiger partial charge on any atom is 0.229 e. The Bertz CT molecular complexity index is 928. The molecule has 1 atom stereocenters. The average molecular weight is 412 g/mol. The number of carbonyl (C=O) groups excluding carboxylic acids is 2. The van der Waals surface area contributed by atoms with E-state index in [-0.39, 0.29) is 24.2 Å². The van der Waals surface area contributed by atoms with Crippen molar-refractivity contribution >= 4 is 17.5 Å². The van der Waals surface area contributed by atoms with E-state index in [1.165, 1.54) is 0 Å². The number of aryl methyl sites for hydroxylation is 1. The number of ether oxygens (including phenoxy) is 3. The first-order chi connectivity index (χ1) is 14.4. The minimum atomic E-state index is -0.381. The molecule has 1 unspecified atom stereocenters. The van der Waals surface area contributed by atoms with Crippen molar-refractivity contribution in [1.29, 1.82) is 0 Å². The lowest BCUT2D eigenvalue weighted by Crippen LogP contribution is -2.30. The number of likely N-dealkylation sites (tertiary alicyclic amines) is 1. The van der Waals surface area contributed by atoms with Gasteiger partial charge in [-0.3, -0.25) is 9.59 Å². The lowest BCUT2D eigenvalue weighted by atomic mass is 10.1. The molecule has 3 rings (SSSR count). The van der Waals surface area contributed by atoms with Gasteiger partial charge in [0, 0.05) is 19.5 Å². The van der Waals surface area contributed by atoms with E-state index >= 15 is 0 Å². The minimum Gasteiger partial charge on any atom is -0.495 e. The summed E-state index contributed by atoms with van der Waals surface area (Å²) in [5.74, 6) is 1.37. The second kappa shape index (κ2) is 9.52. The van der Waals surface area contributed by atoms with Crippen molar-refractivity contribution in [2.45, 2.75) is 19.8 Å². The molecule has 1 aliphatic heterocycles. The molecule has 0 radical (unpaired) electrons. The minimum absolute atomic E-state index is 0.00756. The van der Waals surface area contributed by atoms with E-state index < -0.39 is 0 Å². The zero-order chi connectivity index (χ0) is 21.7. The third-order valence-corrected chi connectivity index (χ3v) is 5.32. The molecule has 30 heavy (non-hydrogen) atoms. The van der Waals surface area contributed by atoms with Gasteiger partial charge in [-0.1, -0.05) is 12.1 Å². The number of nitrogens with one attached hydrogen (secondary N) is 1. The summed E-state index contributed by atoms with van der Waals surface area (Å²) >= 11 is 0. The number of nitrogens with zero attached hydrogens (tertiary/aromatic N) is 1. The average Bonchev–Trinajstić information content (AvgIpc) is 3.13. The van der Waals surface area contributed by atoms with E-state index in [9.17, 15) is 9.59 Å². The zero-order valence-electron chi connectivity index (χ0n) is 17.9. The van der Waals surface area contributed by atoms with E-state index in [1.807, 2.05) is 43.3 Å². The number of hydrogen-bond donors (Lipinski definition) is 1. The van der Waals surface area contributed by atoms with Crippen molar-refractivity contribution in [1.82, 2.24) is 4.90 Å². The molecule has 1 saturated heterocycles. The van der Waals surface area contributed by atoms with Crippen LogP contribution in [0.3, 0.4) is 0 Å². The van der Waals surface area contributed by atoms with Crippen LogP contribution in [0.1, 0.15) is 17.5 Å². The number of methoxy groups -OCH3 is 3. The number of amides is 2. The second-order valence-electron chi connectivity index (χ2n) is 7.37. The Hall–Kier alpha value is -3.22. The largest absolute Gasteiger partial charge is 0.495 e. The lowest BCUT2D eigenvalue weighted by molar-refractivity contribution is -0.128. The Kier molecular flexibility index (Phi) is 6.82. The Morgan fingerprint density at radius 2 is 1.73 bits per heavy atom. The van der Waals surface area contributed by atoms with E-state index in [2.05, 4.69) is 5.32 Å². The van der Waals surface area contributed by atoms with E-state index in [1.54, 1.807) is 26.2 Å². The van der Waals surface area contributed by atoms with Gasteiger partial charge in [-0.2, -0.15) is 0 Å². The number of hydrogen-bond acceptors (Lipinski definition) is 5. The van der Waals surface area contributed by atoms with Crippen LogP contribution in [0.5, 0.6) is 17.2 Å². The van der Waals surface area contributed by atoms with Crippen LogP contribution in [0.4, 0.5) is 5.69 Å². The first-order valence-corrected chi connectivity index (χ1v) is 9.89. The lowest BCUT2D eigenvalue weighted by Gasteiger charge is -2.17. The molecule has 1 aliphatic rings. The number of anilines is 1. The molecule has 2 amide bonds. The summed E-state index contributed by atoms with van der Waals surface area (Å²) < 4.78 is 15.9. The van der Waals surface area contributed by atoms with Crippen LogP contribution in [0.15, 0.2) is 36.4 Å². The van der Waals surface area contributed by atoms with Gasteiger partial charge in [0.15, 0.2) is 11.5 Å². The Labute approximate surface area is 176 Å². The van der Waals surface area contributed by atoms with Gasteiger partial charge in [0.25, 0.3) is 0 Å². The van der Waals surface area contributed by atoms with E-state index in [0.717, 1.165) is 11.1 Å². The molecule has 0 aromatic heterocycles. The van der Waals surface area contributed by atoms with Crippen LogP contribution in [0.2, 0.25) is 0 Å². The number of rotatable bonds is 8. The van der Waals surface area contributed by atoms with Crippen molar-refractivity contribution < 1.29 is 23.8 Å². The maximum absolute atomic E-state index is 12.7. The smallest absolute Gasteiger partial charge is 0.229 e. The van der Waals surface area contributed by atoms with Crippen LogP contribution in [0.25, 0.3) is 0 Å². The molecule has 0 bridgehead atoms. The van der Waals surface area contributed by atoms with Gasteiger partial charge in [-0.25, -0.2) is 0 Å². The first-order valence-electron chi connectivity index (χ1n) is 9.89. The fourth-order valence-corrected chi connectivity index (χ4v) is 3.62. The molecule has 0 aliphatic carbocycles. The highest BCUT2D eigenvalue weighted by Gasteiger charge is 2.34. The molecular formula is C23H28N2O5. The van der Waals surface area contributed by atoms with Gasteiger partial charge in [-0.05, 0) is 48.7 Å². The molecule has 7 nitrogen and oxygen atoms in total. The van der Waals surface area contributed by atoms with Gasteiger partial charge >= 0.3 is 0 Å². The van der Waals surface area contributed by atoms with Gasteiger partial charge in [0.05, 0.1) is 32.9 Å². The number of carbonyl (C=O) groups is 2. The highest BCUT2D eigenvalue weighted by Crippen LogP contribution is 2.29. The Morgan fingerprint density at radius 3 is 2.43 bits per heavy atom. The van der Waals surface area contributed by atoms with E-state index in [4.69, 9.17) is 14.2 Å². The fraction of sp³-hybridized carbons (Fsp3) is 0.391. The van der Waals surface area contributed by atoms with Crippen LogP contribution < -0.4 is 19.5 Å². The van der Waals surface area contributed by atoms with Crippen molar-refractivity contribution in [3.8, 4) is 17.2 Å². The molecule has 1 heterocycles. The van der Waals surface area contributed by atoms with Crippen molar-refractivity contribution in [2.24, 2.45) is 5.92 Å². The summed E-state index contributed by atoms with van der Waals surface area (Å²) in [5.41, 5.74) is 2.68. The molecule has 2 aromatic rings. The topological polar surface area (TPSA) is 77.1 Å². The van der Waals surface area contributed by atoms with Crippen LogP contribution >= 0.6 is 0 Å². The van der Waals surface area contributed by atoms with Crippen LogP contribution in [-0.4, -0.2) is 51.1 Å². The highest BCUT2D eigenvalue weighted by atomic mass is 16.5. The number of benzene rings is 2. The van der Waals surface area contributed by atoms with Crippen LogP contribution in [0, 0.1) is 12.8 Å². The third-order valence-electron chi connectivity index (χ3n) is 5.32. The quantitative estimate of drug-likeness (QED) is 0.721. The summed E-state index contributed by atoms with van der Waals surface area (Å²) in [6.07, 6.45) is 0.887. The molecule has 160 valence electrons. The van der Waals surface area contributed by atoms with Gasteiger partial charge < -0.3 is 24.4 Å². The first kappa shape index (κ1) is 21.5. The molecule has 1 N–H and O–H groups in total. The standard InChI is InChI=1S/C23H28N2O5/c1-15-5-7-19(28-2)18(11-15)24-23(27)17-13-22(26)25(14-17)10-9-16-6-8-20(29-3)21(12-16)30-4/h5-8,11-12,17H,9-10,13-14H2,1-4H3,(H,24,27). The van der Waals surface area contributed by atoms with Gasteiger partial charge in [0.1, 0.15) is 5.75 Å². The summed E-state index contributed by atoms with van der Waals surface area (Å²) in [5, 5.41) is 2.91. The normalized spacial score (nSPS) is 15.8. The molecule has 1 fully saturated rings. The molecule has 0 spiro atoms. The Morgan fingerprint density at radius 1 is 1.03 bits per heavy atom. The SMILES string of the molecule is COc1ccc(C)cc1NC(=O)C1CC(=O)N(CCc2ccc(OC)c(OC)c2)C1. The summed E-state index contributed by atoms with van der Waals surface area (Å²) in [6, 6.07) is 11.3. The third kappa shape index (κ3) is 4.84. The molecular weight excluding hydrogens is 384 g/mol. The van der Waals surface area contributed by atoms with Gasteiger partial charge in [-0.15, -0.1) is 0 Å². The molecule has 2 aromatic carbocycles. The summed E-state index contributed by atoms with van der Waals surface area (Å²) in [4.78, 5) is 26.9. The molecule has 7 heteroatoms. The van der Waals surface area contributed by atoms with Gasteiger partial charge in [0.2, 0.25) is 11.8 Å². The highest BCUT2D eigenvalue weighted by molar-refractivity contribution is 5.98. The Balaban J connectivity index is 1.60. The fourth-order valence-electron chi connectivity index (χ4n) is 3.62. The summed E-state index contributed by atoms with van der Waals surface area (Å²) in [6.45, 7) is 2.90. The molecule has 0 saturated carbocycles. The zero-order valence-corrected chi connectivity index (χ0v) is 17.9. The monoisotopic (exact) mass is 412 g/mol. The predicted octanol–water partition coefficient (Wildman–Crippen LogP) is 3.05.